The second-order valence-electron chi connectivity index (χ2n) is 4.29. The van der Waals surface area contributed by atoms with E-state index in [1.165, 1.54) is 12.1 Å². The molecule has 0 saturated carbocycles. The largest absolute Gasteiger partial charge is 0.387 e. The zero-order valence-corrected chi connectivity index (χ0v) is 9.79. The van der Waals surface area contributed by atoms with Crippen LogP contribution in [0.25, 0.3) is 0 Å². The number of benzene rings is 1. The summed E-state index contributed by atoms with van der Waals surface area (Å²) in [5, 5.41) is 19.2. The third-order valence-corrected chi connectivity index (χ3v) is 3.09. The Labute approximate surface area is 95.3 Å². The Kier molecular flexibility index (Phi) is 3.66. The molecule has 0 aliphatic carbocycles. The molecule has 2 nitrogen and oxygen atoms in total. The quantitative estimate of drug-likeness (QED) is 0.852. The molecular formula is C13H16FNO. The van der Waals surface area contributed by atoms with Crippen LogP contribution in [0.5, 0.6) is 0 Å². The molecule has 1 aromatic rings. The summed E-state index contributed by atoms with van der Waals surface area (Å²) >= 11 is 0. The summed E-state index contributed by atoms with van der Waals surface area (Å²) in [6.07, 6.45) is -0.344. The molecule has 0 bridgehead atoms. The van der Waals surface area contributed by atoms with Crippen molar-refractivity contribution in [3.8, 4) is 6.07 Å². The van der Waals surface area contributed by atoms with Crippen molar-refractivity contribution in [2.75, 3.05) is 0 Å². The van der Waals surface area contributed by atoms with Crippen molar-refractivity contribution in [2.24, 2.45) is 5.41 Å². The number of nitriles is 1. The molecule has 0 saturated heterocycles. The third-order valence-electron chi connectivity index (χ3n) is 3.09. The Hall–Kier alpha value is -1.40. The normalized spacial score (nSPS) is 16.2. The highest BCUT2D eigenvalue weighted by Gasteiger charge is 2.32. The van der Waals surface area contributed by atoms with Crippen LogP contribution >= 0.6 is 0 Å². The minimum atomic E-state index is -0.887. The highest BCUT2D eigenvalue weighted by molar-refractivity contribution is 5.28. The molecule has 0 amide bonds. The van der Waals surface area contributed by atoms with Crippen molar-refractivity contribution in [1.82, 2.24) is 0 Å². The first-order valence-electron chi connectivity index (χ1n) is 5.30. The average Bonchev–Trinajstić information content (AvgIpc) is 2.30. The Bertz CT molecular complexity index is 424. The van der Waals surface area contributed by atoms with Gasteiger partial charge in [0.25, 0.3) is 0 Å². The molecule has 0 aromatic heterocycles. The van der Waals surface area contributed by atoms with Crippen LogP contribution in [0, 0.1) is 29.5 Å². The van der Waals surface area contributed by atoms with Gasteiger partial charge < -0.3 is 5.11 Å². The van der Waals surface area contributed by atoms with E-state index in [9.17, 15) is 9.50 Å². The van der Waals surface area contributed by atoms with Gasteiger partial charge in [0.15, 0.2) is 0 Å². The van der Waals surface area contributed by atoms with Gasteiger partial charge >= 0.3 is 0 Å². The standard InChI is InChI=1S/C13H16FNO/c1-4-13(3,8-15)12(16)10-5-6-11(14)9(2)7-10/h5-7,12,16H,4H2,1-3H3. The van der Waals surface area contributed by atoms with E-state index in [0.717, 1.165) is 0 Å². The fourth-order valence-corrected chi connectivity index (χ4v) is 1.54. The van der Waals surface area contributed by atoms with Gasteiger partial charge in [0.1, 0.15) is 5.82 Å². The summed E-state index contributed by atoms with van der Waals surface area (Å²) in [6, 6.07) is 6.55. The molecule has 2 atom stereocenters. The molecule has 0 aliphatic heterocycles. The van der Waals surface area contributed by atoms with Crippen LogP contribution in [0.1, 0.15) is 37.5 Å². The summed E-state index contributed by atoms with van der Waals surface area (Å²) in [7, 11) is 0. The van der Waals surface area contributed by atoms with Crippen LogP contribution < -0.4 is 0 Å². The maximum Gasteiger partial charge on any atom is 0.126 e. The van der Waals surface area contributed by atoms with Gasteiger partial charge in [0.2, 0.25) is 0 Å². The first kappa shape index (κ1) is 12.7. The van der Waals surface area contributed by atoms with Crippen LogP contribution in [0.15, 0.2) is 18.2 Å². The smallest absolute Gasteiger partial charge is 0.126 e. The molecule has 16 heavy (non-hydrogen) atoms. The Morgan fingerprint density at radius 2 is 2.19 bits per heavy atom. The lowest BCUT2D eigenvalue weighted by atomic mass is 9.79. The molecular weight excluding hydrogens is 205 g/mol. The summed E-state index contributed by atoms with van der Waals surface area (Å²) in [5.41, 5.74) is 0.238. The van der Waals surface area contributed by atoms with Crippen molar-refractivity contribution >= 4 is 0 Å². The van der Waals surface area contributed by atoms with Gasteiger partial charge in [-0.2, -0.15) is 5.26 Å². The monoisotopic (exact) mass is 221 g/mol. The van der Waals surface area contributed by atoms with Gasteiger partial charge in [-0.15, -0.1) is 0 Å². The molecule has 0 heterocycles. The van der Waals surface area contributed by atoms with Crippen LogP contribution in [0.2, 0.25) is 0 Å². The third kappa shape index (κ3) is 2.23. The lowest BCUT2D eigenvalue weighted by Crippen LogP contribution is -2.23. The van der Waals surface area contributed by atoms with Gasteiger partial charge in [-0.3, -0.25) is 0 Å². The van der Waals surface area contributed by atoms with Crippen LogP contribution in [0.4, 0.5) is 4.39 Å². The Morgan fingerprint density at radius 3 is 2.62 bits per heavy atom. The number of hydrogen-bond acceptors (Lipinski definition) is 2. The van der Waals surface area contributed by atoms with E-state index in [4.69, 9.17) is 5.26 Å². The fourth-order valence-electron chi connectivity index (χ4n) is 1.54. The van der Waals surface area contributed by atoms with Gasteiger partial charge in [0, 0.05) is 0 Å². The summed E-state index contributed by atoms with van der Waals surface area (Å²) < 4.78 is 13.1. The van der Waals surface area contributed by atoms with E-state index in [2.05, 4.69) is 6.07 Å². The Balaban J connectivity index is 3.10. The van der Waals surface area contributed by atoms with Crippen LogP contribution in [-0.4, -0.2) is 5.11 Å². The van der Waals surface area contributed by atoms with E-state index in [1.54, 1.807) is 19.9 Å². The Morgan fingerprint density at radius 1 is 1.56 bits per heavy atom. The number of hydrogen-bond donors (Lipinski definition) is 1. The van der Waals surface area contributed by atoms with Gasteiger partial charge in [-0.25, -0.2) is 4.39 Å². The molecule has 0 aliphatic rings. The molecule has 1 N–H and O–H groups in total. The van der Waals surface area contributed by atoms with E-state index in [0.29, 0.717) is 17.5 Å². The minimum Gasteiger partial charge on any atom is -0.387 e. The van der Waals surface area contributed by atoms with Gasteiger partial charge in [-0.05, 0) is 37.5 Å². The zero-order chi connectivity index (χ0) is 12.3. The first-order valence-corrected chi connectivity index (χ1v) is 5.30. The second-order valence-corrected chi connectivity index (χ2v) is 4.29. The summed E-state index contributed by atoms with van der Waals surface area (Å²) in [5.74, 6) is -0.300. The first-order chi connectivity index (χ1) is 7.44. The number of aryl methyl sites for hydroxylation is 1. The highest BCUT2D eigenvalue weighted by Crippen LogP contribution is 2.36. The maximum absolute atomic E-state index is 13.1. The lowest BCUT2D eigenvalue weighted by molar-refractivity contribution is 0.0721. The minimum absolute atomic E-state index is 0.300. The molecule has 0 fully saturated rings. The topological polar surface area (TPSA) is 44.0 Å². The van der Waals surface area contributed by atoms with Gasteiger partial charge in [-0.1, -0.05) is 19.1 Å². The molecule has 3 heteroatoms. The van der Waals surface area contributed by atoms with Crippen LogP contribution in [0.3, 0.4) is 0 Å². The number of rotatable bonds is 3. The van der Waals surface area contributed by atoms with Crippen molar-refractivity contribution in [3.63, 3.8) is 0 Å². The molecule has 1 rings (SSSR count). The molecule has 2 unspecified atom stereocenters. The number of aliphatic hydroxyl groups is 1. The van der Waals surface area contributed by atoms with E-state index in [1.807, 2.05) is 6.92 Å². The van der Waals surface area contributed by atoms with Gasteiger partial charge in [0.05, 0.1) is 17.6 Å². The van der Waals surface area contributed by atoms with Crippen molar-refractivity contribution in [3.05, 3.63) is 35.1 Å². The number of aliphatic hydroxyl groups excluding tert-OH is 1. The maximum atomic E-state index is 13.1. The predicted molar refractivity (Wildman–Crippen MR) is 60.1 cm³/mol. The number of halogens is 1. The molecule has 86 valence electrons. The van der Waals surface area contributed by atoms with Crippen LogP contribution in [-0.2, 0) is 0 Å². The van der Waals surface area contributed by atoms with Crippen molar-refractivity contribution in [1.29, 1.82) is 5.26 Å². The SMILES string of the molecule is CCC(C)(C#N)C(O)c1ccc(F)c(C)c1. The van der Waals surface area contributed by atoms with Crippen molar-refractivity contribution < 1.29 is 9.50 Å². The molecule has 0 radical (unpaired) electrons. The predicted octanol–water partition coefficient (Wildman–Crippen LogP) is 3.11. The second kappa shape index (κ2) is 4.63. The summed E-state index contributed by atoms with van der Waals surface area (Å²) in [6.45, 7) is 5.19. The lowest BCUT2D eigenvalue weighted by Gasteiger charge is -2.26. The fraction of sp³-hybridized carbons (Fsp3) is 0.462. The number of nitrogens with zero attached hydrogens (tertiary/aromatic N) is 1. The zero-order valence-electron chi connectivity index (χ0n) is 9.79. The molecule has 0 spiro atoms. The van der Waals surface area contributed by atoms with E-state index in [-0.39, 0.29) is 5.82 Å². The molecule has 1 aromatic carbocycles. The van der Waals surface area contributed by atoms with E-state index >= 15 is 0 Å². The highest BCUT2D eigenvalue weighted by atomic mass is 19.1. The van der Waals surface area contributed by atoms with E-state index < -0.39 is 11.5 Å². The average molecular weight is 221 g/mol. The van der Waals surface area contributed by atoms with Crippen molar-refractivity contribution in [2.45, 2.75) is 33.3 Å². The summed E-state index contributed by atoms with van der Waals surface area (Å²) in [4.78, 5) is 0.